The Balaban J connectivity index is 1.83. The molecule has 0 fully saturated rings. The quantitative estimate of drug-likeness (QED) is 0.219. The maximum absolute atomic E-state index is 12.7. The van der Waals surface area contributed by atoms with Crippen molar-refractivity contribution in [3.05, 3.63) is 91.3 Å². The van der Waals surface area contributed by atoms with Crippen LogP contribution >= 0.6 is 43.5 Å². The number of carbonyl (C=O) groups excluding carboxylic acids is 1. The number of ether oxygens (including phenoxy) is 2. The summed E-state index contributed by atoms with van der Waals surface area (Å²) in [5.41, 5.74) is 1.99. The molecule has 0 unspecified atom stereocenters. The average molecular weight is 591 g/mol. The second kappa shape index (κ2) is 11.9. The van der Waals surface area contributed by atoms with Gasteiger partial charge in [-0.3, -0.25) is 4.79 Å². The number of nitrogens with one attached hydrogen (secondary N) is 1. The third kappa shape index (κ3) is 7.10. The van der Waals surface area contributed by atoms with Gasteiger partial charge in [0.15, 0.2) is 0 Å². The summed E-state index contributed by atoms with van der Waals surface area (Å²) in [6.07, 6.45) is 1.50. The van der Waals surface area contributed by atoms with E-state index in [9.17, 15) is 10.1 Å². The zero-order valence-corrected chi connectivity index (χ0v) is 21.5. The van der Waals surface area contributed by atoms with E-state index in [-0.39, 0.29) is 5.57 Å². The van der Waals surface area contributed by atoms with Gasteiger partial charge in [-0.15, -0.1) is 0 Å². The predicted molar refractivity (Wildman–Crippen MR) is 137 cm³/mol. The fraction of sp³-hybridized carbons (Fsp3) is 0.120. The van der Waals surface area contributed by atoms with Crippen molar-refractivity contribution in [1.82, 2.24) is 0 Å². The summed E-state index contributed by atoms with van der Waals surface area (Å²) in [5.74, 6) is 0.684. The molecule has 0 aliphatic heterocycles. The van der Waals surface area contributed by atoms with Crippen molar-refractivity contribution in [2.75, 3.05) is 11.9 Å². The third-order valence-electron chi connectivity index (χ3n) is 4.42. The highest BCUT2D eigenvalue weighted by molar-refractivity contribution is 9.11. The molecule has 3 aromatic carbocycles. The smallest absolute Gasteiger partial charge is 0.266 e. The minimum Gasteiger partial charge on any atom is -0.494 e. The van der Waals surface area contributed by atoms with Crippen LogP contribution in [0.4, 0.5) is 5.69 Å². The van der Waals surface area contributed by atoms with Crippen molar-refractivity contribution in [2.45, 2.75) is 13.5 Å². The maximum atomic E-state index is 12.7. The molecular weight excluding hydrogens is 572 g/mol. The van der Waals surface area contributed by atoms with E-state index in [0.29, 0.717) is 45.5 Å². The van der Waals surface area contributed by atoms with Gasteiger partial charge in [0.2, 0.25) is 0 Å². The predicted octanol–water partition coefficient (Wildman–Crippen LogP) is 7.39. The molecule has 0 saturated heterocycles. The first-order valence-corrected chi connectivity index (χ1v) is 11.9. The zero-order chi connectivity index (χ0) is 23.8. The summed E-state index contributed by atoms with van der Waals surface area (Å²) < 4.78 is 12.9. The first-order chi connectivity index (χ1) is 15.9. The first-order valence-electron chi connectivity index (χ1n) is 9.92. The molecule has 0 spiro atoms. The number of halogens is 3. The van der Waals surface area contributed by atoms with Gasteiger partial charge in [-0.1, -0.05) is 39.7 Å². The summed E-state index contributed by atoms with van der Waals surface area (Å²) in [6, 6.07) is 19.8. The third-order valence-corrected chi connectivity index (χ3v) is 5.72. The highest BCUT2D eigenvalue weighted by Gasteiger charge is 2.15. The molecule has 168 valence electrons. The second-order valence-electron chi connectivity index (χ2n) is 6.80. The van der Waals surface area contributed by atoms with Gasteiger partial charge < -0.3 is 14.8 Å². The van der Waals surface area contributed by atoms with E-state index in [2.05, 4.69) is 37.2 Å². The van der Waals surface area contributed by atoms with Crippen LogP contribution in [0.15, 0.2) is 75.2 Å². The standard InChI is InChI=1S/C25H19Br2ClN2O3/c1-2-32-22-9-7-21(8-10-22)30-25(31)18(14-29)11-17-12-19(26)13-23(27)24(17)33-15-16-3-5-20(28)6-4-16/h3-13H,2,15H2,1H3,(H,30,31)/b18-11+. The molecule has 33 heavy (non-hydrogen) atoms. The fourth-order valence-electron chi connectivity index (χ4n) is 2.88. The van der Waals surface area contributed by atoms with Crippen LogP contribution in [0.25, 0.3) is 6.08 Å². The van der Waals surface area contributed by atoms with Crippen molar-refractivity contribution in [1.29, 1.82) is 5.26 Å². The fourth-order valence-corrected chi connectivity index (χ4v) is 4.38. The number of hydrogen-bond donors (Lipinski definition) is 1. The molecule has 8 heteroatoms. The molecule has 0 radical (unpaired) electrons. The molecule has 1 amide bonds. The van der Waals surface area contributed by atoms with Gasteiger partial charge in [0.05, 0.1) is 11.1 Å². The number of anilines is 1. The van der Waals surface area contributed by atoms with Crippen LogP contribution in [0.5, 0.6) is 11.5 Å². The lowest BCUT2D eigenvalue weighted by Gasteiger charge is -2.13. The van der Waals surface area contributed by atoms with Crippen LogP contribution in [-0.2, 0) is 11.4 Å². The maximum Gasteiger partial charge on any atom is 0.266 e. The van der Waals surface area contributed by atoms with Crippen LogP contribution < -0.4 is 14.8 Å². The number of rotatable bonds is 8. The summed E-state index contributed by atoms with van der Waals surface area (Å²) in [7, 11) is 0. The number of nitriles is 1. The number of amides is 1. The van der Waals surface area contributed by atoms with Crippen LogP contribution in [0.2, 0.25) is 5.02 Å². The van der Waals surface area contributed by atoms with Crippen LogP contribution in [-0.4, -0.2) is 12.5 Å². The van der Waals surface area contributed by atoms with Gasteiger partial charge in [-0.05, 0) is 83.0 Å². The van der Waals surface area contributed by atoms with Crippen molar-refractivity contribution in [2.24, 2.45) is 0 Å². The Kier molecular flexibility index (Phi) is 8.95. The largest absolute Gasteiger partial charge is 0.494 e. The minimum absolute atomic E-state index is 0.0646. The molecule has 3 rings (SSSR count). The average Bonchev–Trinajstić information content (AvgIpc) is 2.79. The molecule has 1 N–H and O–H groups in total. The normalized spacial score (nSPS) is 10.9. The number of hydrogen-bond acceptors (Lipinski definition) is 4. The SMILES string of the molecule is CCOc1ccc(NC(=O)/C(C#N)=C/c2cc(Br)cc(Br)c2OCc2ccc(Cl)cc2)cc1. The van der Waals surface area contributed by atoms with Gasteiger partial charge in [-0.2, -0.15) is 5.26 Å². The molecule has 0 aliphatic carbocycles. The Hall–Kier alpha value is -2.79. The lowest BCUT2D eigenvalue weighted by atomic mass is 10.1. The molecule has 0 saturated carbocycles. The molecule has 0 heterocycles. The summed E-state index contributed by atoms with van der Waals surface area (Å²) in [4.78, 5) is 12.7. The zero-order valence-electron chi connectivity index (χ0n) is 17.6. The van der Waals surface area contributed by atoms with Gasteiger partial charge in [0.1, 0.15) is 29.7 Å². The van der Waals surface area contributed by atoms with Crippen molar-refractivity contribution < 1.29 is 14.3 Å². The van der Waals surface area contributed by atoms with Crippen molar-refractivity contribution >= 4 is 61.1 Å². The minimum atomic E-state index is -0.526. The molecule has 0 aromatic heterocycles. The van der Waals surface area contributed by atoms with E-state index in [0.717, 1.165) is 10.0 Å². The summed E-state index contributed by atoms with van der Waals surface area (Å²) in [6.45, 7) is 2.74. The van der Waals surface area contributed by atoms with Crippen LogP contribution in [0, 0.1) is 11.3 Å². The topological polar surface area (TPSA) is 71.3 Å². The molecule has 5 nitrogen and oxygen atoms in total. The van der Waals surface area contributed by atoms with Gasteiger partial charge in [-0.25, -0.2) is 0 Å². The van der Waals surface area contributed by atoms with E-state index in [1.807, 2.05) is 31.2 Å². The summed E-state index contributed by atoms with van der Waals surface area (Å²) >= 11 is 12.9. The number of benzene rings is 3. The van der Waals surface area contributed by atoms with Crippen LogP contribution in [0.1, 0.15) is 18.1 Å². The van der Waals surface area contributed by atoms with Gasteiger partial charge in [0, 0.05) is 20.7 Å². The number of nitrogens with zero attached hydrogens (tertiary/aromatic N) is 1. The molecule has 3 aromatic rings. The van der Waals surface area contributed by atoms with E-state index < -0.39 is 5.91 Å². The highest BCUT2D eigenvalue weighted by Crippen LogP contribution is 2.35. The van der Waals surface area contributed by atoms with E-state index in [1.54, 1.807) is 42.5 Å². The Morgan fingerprint density at radius 1 is 1.09 bits per heavy atom. The van der Waals surface area contributed by atoms with Gasteiger partial charge in [0.25, 0.3) is 5.91 Å². The number of carbonyl (C=O) groups is 1. The Morgan fingerprint density at radius 2 is 1.79 bits per heavy atom. The molecule has 0 atom stereocenters. The first kappa shape index (κ1) is 24.8. The molecular formula is C25H19Br2ClN2O3. The molecule has 0 bridgehead atoms. The Morgan fingerprint density at radius 3 is 2.42 bits per heavy atom. The second-order valence-corrected chi connectivity index (χ2v) is 9.01. The van der Waals surface area contributed by atoms with Crippen molar-refractivity contribution in [3.63, 3.8) is 0 Å². The molecule has 0 aliphatic rings. The Labute approximate surface area is 214 Å². The monoisotopic (exact) mass is 588 g/mol. The van der Waals surface area contributed by atoms with Crippen molar-refractivity contribution in [3.8, 4) is 17.6 Å². The Bertz CT molecular complexity index is 1200. The summed E-state index contributed by atoms with van der Waals surface area (Å²) in [5, 5.41) is 13.0. The van der Waals surface area contributed by atoms with Gasteiger partial charge >= 0.3 is 0 Å². The lowest BCUT2D eigenvalue weighted by molar-refractivity contribution is -0.112. The van der Waals surface area contributed by atoms with E-state index in [4.69, 9.17) is 21.1 Å². The van der Waals surface area contributed by atoms with Crippen LogP contribution in [0.3, 0.4) is 0 Å². The van der Waals surface area contributed by atoms with E-state index in [1.165, 1.54) is 6.08 Å². The highest BCUT2D eigenvalue weighted by atomic mass is 79.9. The van der Waals surface area contributed by atoms with E-state index >= 15 is 0 Å². The lowest BCUT2D eigenvalue weighted by Crippen LogP contribution is -2.13.